The maximum Gasteiger partial charge on any atom is 0.319 e. The molecular formula is C26H26N4O3. The molecular weight excluding hydrogens is 416 g/mol. The molecule has 0 atom stereocenters. The summed E-state index contributed by atoms with van der Waals surface area (Å²) in [5.41, 5.74) is 6.31. The Kier molecular flexibility index (Phi) is 5.60. The summed E-state index contributed by atoms with van der Waals surface area (Å²) in [6, 6.07) is 21.9. The molecule has 0 unspecified atom stereocenters. The minimum atomic E-state index is -0.298. The molecule has 5 rings (SSSR count). The SMILES string of the molecule is CN1C(=O)COc2cc(NC(=O)NCc3ccc(CN4CCc5ccccc54)cc3)ccc21. The Morgan fingerprint density at radius 3 is 2.64 bits per heavy atom. The molecule has 0 aromatic heterocycles. The number of carbonyl (C=O) groups excluding carboxylic acids is 2. The van der Waals surface area contributed by atoms with Gasteiger partial charge in [-0.2, -0.15) is 0 Å². The molecule has 0 saturated carbocycles. The highest BCUT2D eigenvalue weighted by Crippen LogP contribution is 2.33. The van der Waals surface area contributed by atoms with Crippen molar-refractivity contribution in [1.82, 2.24) is 5.32 Å². The van der Waals surface area contributed by atoms with E-state index in [0.717, 1.165) is 25.1 Å². The zero-order valence-electron chi connectivity index (χ0n) is 18.5. The van der Waals surface area contributed by atoms with Crippen LogP contribution in [-0.2, 0) is 24.3 Å². The molecule has 3 aromatic rings. The monoisotopic (exact) mass is 442 g/mol. The van der Waals surface area contributed by atoms with Crippen molar-refractivity contribution in [2.45, 2.75) is 19.5 Å². The maximum absolute atomic E-state index is 12.3. The zero-order chi connectivity index (χ0) is 22.8. The molecule has 2 N–H and O–H groups in total. The second-order valence-electron chi connectivity index (χ2n) is 8.35. The summed E-state index contributed by atoms with van der Waals surface area (Å²) in [4.78, 5) is 28.0. The number of hydrogen-bond donors (Lipinski definition) is 2. The number of nitrogens with one attached hydrogen (secondary N) is 2. The van der Waals surface area contributed by atoms with E-state index in [1.807, 2.05) is 0 Å². The highest BCUT2D eigenvalue weighted by Gasteiger charge is 2.22. The van der Waals surface area contributed by atoms with Crippen LogP contribution in [0.25, 0.3) is 0 Å². The number of ether oxygens (including phenoxy) is 1. The van der Waals surface area contributed by atoms with Gasteiger partial charge in [0.1, 0.15) is 5.75 Å². The fraction of sp³-hybridized carbons (Fsp3) is 0.231. The third kappa shape index (κ3) is 4.48. The molecule has 0 spiro atoms. The lowest BCUT2D eigenvalue weighted by Gasteiger charge is -2.26. The van der Waals surface area contributed by atoms with E-state index in [0.29, 0.717) is 23.7 Å². The molecule has 0 fully saturated rings. The van der Waals surface area contributed by atoms with Crippen LogP contribution in [0, 0.1) is 0 Å². The first-order valence-corrected chi connectivity index (χ1v) is 11.1. The van der Waals surface area contributed by atoms with Crippen molar-refractivity contribution in [2.75, 3.05) is 35.3 Å². The number of amides is 3. The van der Waals surface area contributed by atoms with Gasteiger partial charge in [0.25, 0.3) is 5.91 Å². The molecule has 0 saturated heterocycles. The zero-order valence-corrected chi connectivity index (χ0v) is 18.5. The van der Waals surface area contributed by atoms with E-state index in [4.69, 9.17) is 4.74 Å². The van der Waals surface area contributed by atoms with Crippen molar-refractivity contribution in [3.63, 3.8) is 0 Å². The molecule has 2 aliphatic rings. The third-order valence-corrected chi connectivity index (χ3v) is 6.14. The van der Waals surface area contributed by atoms with E-state index in [1.54, 1.807) is 30.1 Å². The van der Waals surface area contributed by atoms with Gasteiger partial charge in [-0.3, -0.25) is 4.79 Å². The third-order valence-electron chi connectivity index (χ3n) is 6.14. The molecule has 0 aliphatic carbocycles. The van der Waals surface area contributed by atoms with Crippen LogP contribution >= 0.6 is 0 Å². The van der Waals surface area contributed by atoms with Crippen molar-refractivity contribution in [3.8, 4) is 5.75 Å². The average Bonchev–Trinajstić information content (AvgIpc) is 3.24. The molecule has 3 aromatic carbocycles. The van der Waals surface area contributed by atoms with Gasteiger partial charge >= 0.3 is 6.03 Å². The van der Waals surface area contributed by atoms with Gasteiger partial charge in [0.15, 0.2) is 6.61 Å². The van der Waals surface area contributed by atoms with Crippen LogP contribution in [-0.4, -0.2) is 32.1 Å². The summed E-state index contributed by atoms with van der Waals surface area (Å²) < 4.78 is 5.47. The molecule has 7 heteroatoms. The first-order valence-electron chi connectivity index (χ1n) is 11.1. The number of rotatable bonds is 5. The number of fused-ring (bicyclic) bond motifs is 2. The molecule has 0 bridgehead atoms. The van der Waals surface area contributed by atoms with E-state index in [1.165, 1.54) is 16.8 Å². The minimum Gasteiger partial charge on any atom is -0.481 e. The fourth-order valence-corrected chi connectivity index (χ4v) is 4.27. The van der Waals surface area contributed by atoms with Crippen molar-refractivity contribution in [1.29, 1.82) is 0 Å². The van der Waals surface area contributed by atoms with Crippen LogP contribution in [0.3, 0.4) is 0 Å². The van der Waals surface area contributed by atoms with Gasteiger partial charge in [0.2, 0.25) is 0 Å². The summed E-state index contributed by atoms with van der Waals surface area (Å²) in [7, 11) is 1.71. The van der Waals surface area contributed by atoms with E-state index in [-0.39, 0.29) is 18.5 Å². The molecule has 7 nitrogen and oxygen atoms in total. The van der Waals surface area contributed by atoms with E-state index in [2.05, 4.69) is 64.1 Å². The molecule has 168 valence electrons. The van der Waals surface area contributed by atoms with Crippen LogP contribution in [0.15, 0.2) is 66.7 Å². The second kappa shape index (κ2) is 8.86. The Labute approximate surface area is 193 Å². The molecule has 0 radical (unpaired) electrons. The van der Waals surface area contributed by atoms with Crippen LogP contribution in [0.4, 0.5) is 21.9 Å². The predicted octanol–water partition coefficient (Wildman–Crippen LogP) is 3.93. The number of benzene rings is 3. The van der Waals surface area contributed by atoms with Gasteiger partial charge in [0, 0.05) is 44.1 Å². The lowest BCUT2D eigenvalue weighted by molar-refractivity contribution is -0.120. The fourth-order valence-electron chi connectivity index (χ4n) is 4.27. The number of likely N-dealkylation sites (N-methyl/N-ethyl adjacent to an activating group) is 1. The van der Waals surface area contributed by atoms with Crippen LogP contribution < -0.4 is 25.2 Å². The molecule has 2 aliphatic heterocycles. The van der Waals surface area contributed by atoms with Crippen LogP contribution in [0.2, 0.25) is 0 Å². The Balaban J connectivity index is 1.14. The number of carbonyl (C=O) groups is 2. The number of para-hydroxylation sites is 1. The van der Waals surface area contributed by atoms with Gasteiger partial charge in [0.05, 0.1) is 5.69 Å². The van der Waals surface area contributed by atoms with Gasteiger partial charge in [-0.15, -0.1) is 0 Å². The van der Waals surface area contributed by atoms with Crippen molar-refractivity contribution >= 4 is 29.0 Å². The van der Waals surface area contributed by atoms with E-state index < -0.39 is 0 Å². The Morgan fingerprint density at radius 2 is 1.79 bits per heavy atom. The number of nitrogens with zero attached hydrogens (tertiary/aromatic N) is 2. The van der Waals surface area contributed by atoms with E-state index in [9.17, 15) is 9.59 Å². The van der Waals surface area contributed by atoms with Crippen LogP contribution in [0.1, 0.15) is 16.7 Å². The van der Waals surface area contributed by atoms with Gasteiger partial charge in [-0.05, 0) is 41.3 Å². The summed E-state index contributed by atoms with van der Waals surface area (Å²) in [5.74, 6) is 0.475. The Morgan fingerprint density at radius 1 is 1.00 bits per heavy atom. The minimum absolute atomic E-state index is 0.000579. The van der Waals surface area contributed by atoms with Crippen molar-refractivity contribution < 1.29 is 14.3 Å². The molecule has 2 heterocycles. The second-order valence-corrected chi connectivity index (χ2v) is 8.35. The lowest BCUT2D eigenvalue weighted by atomic mass is 10.1. The highest BCUT2D eigenvalue weighted by atomic mass is 16.5. The van der Waals surface area contributed by atoms with Gasteiger partial charge in [-0.25, -0.2) is 4.79 Å². The topological polar surface area (TPSA) is 73.9 Å². The quantitative estimate of drug-likeness (QED) is 0.628. The first kappa shape index (κ1) is 20.9. The van der Waals surface area contributed by atoms with Crippen molar-refractivity contribution in [2.24, 2.45) is 0 Å². The summed E-state index contributed by atoms with van der Waals surface area (Å²) >= 11 is 0. The smallest absolute Gasteiger partial charge is 0.319 e. The maximum atomic E-state index is 12.3. The molecule has 33 heavy (non-hydrogen) atoms. The summed E-state index contributed by atoms with van der Waals surface area (Å²) in [6.45, 7) is 2.35. The largest absolute Gasteiger partial charge is 0.481 e. The Hall–Kier alpha value is -4.00. The summed E-state index contributed by atoms with van der Waals surface area (Å²) in [6.07, 6.45) is 1.10. The summed E-state index contributed by atoms with van der Waals surface area (Å²) in [5, 5.41) is 5.70. The predicted molar refractivity (Wildman–Crippen MR) is 129 cm³/mol. The average molecular weight is 443 g/mol. The van der Waals surface area contributed by atoms with E-state index >= 15 is 0 Å². The number of anilines is 3. The normalized spacial score (nSPS) is 14.4. The first-order chi connectivity index (χ1) is 16.1. The van der Waals surface area contributed by atoms with Crippen LogP contribution in [0.5, 0.6) is 5.75 Å². The number of urea groups is 1. The molecule has 3 amide bonds. The highest BCUT2D eigenvalue weighted by molar-refractivity contribution is 5.98. The van der Waals surface area contributed by atoms with Gasteiger partial charge in [-0.1, -0.05) is 42.5 Å². The lowest BCUT2D eigenvalue weighted by Crippen LogP contribution is -2.35. The van der Waals surface area contributed by atoms with Crippen molar-refractivity contribution in [3.05, 3.63) is 83.4 Å². The standard InChI is InChI=1S/C26H26N4O3/c1-29-23-11-10-21(14-24(23)33-17-25(29)31)28-26(32)27-15-18-6-8-19(9-7-18)16-30-13-12-20-4-2-3-5-22(20)30/h2-11,14H,12-13,15-17H2,1H3,(H2,27,28,32). The number of hydrogen-bond acceptors (Lipinski definition) is 4. The Bertz CT molecular complexity index is 1190. The van der Waals surface area contributed by atoms with Gasteiger partial charge < -0.3 is 25.2 Å².